The van der Waals surface area contributed by atoms with Gasteiger partial charge in [0.15, 0.2) is 0 Å². The van der Waals surface area contributed by atoms with Crippen LogP contribution in [-0.2, 0) is 11.3 Å². The number of hydrogen-bond acceptors (Lipinski definition) is 4. The third-order valence-corrected chi connectivity index (χ3v) is 3.15. The fraction of sp³-hybridized carbons (Fsp3) is 0.0625. The van der Waals surface area contributed by atoms with E-state index in [1.165, 1.54) is 6.20 Å². The van der Waals surface area contributed by atoms with E-state index in [0.29, 0.717) is 22.3 Å². The van der Waals surface area contributed by atoms with Crippen LogP contribution in [0, 0.1) is 0 Å². The summed E-state index contributed by atoms with van der Waals surface area (Å²) in [6.45, 7) is 0.167. The van der Waals surface area contributed by atoms with Crippen LogP contribution in [0.25, 0.3) is 0 Å². The summed E-state index contributed by atoms with van der Waals surface area (Å²) in [4.78, 5) is 15.9. The number of nitrogens with zero attached hydrogens (tertiary/aromatic N) is 3. The van der Waals surface area contributed by atoms with E-state index in [1.807, 2.05) is 0 Å². The number of carbonyl (C=O) groups is 1. The number of aromatic nitrogens is 3. The highest BCUT2D eigenvalue weighted by atomic mass is 35.5. The molecule has 3 aromatic rings. The highest BCUT2D eigenvalue weighted by Gasteiger charge is 2.04. The van der Waals surface area contributed by atoms with Crippen molar-refractivity contribution >= 4 is 23.2 Å². The van der Waals surface area contributed by atoms with Gasteiger partial charge in [0.2, 0.25) is 11.8 Å². The number of anilines is 1. The minimum absolute atomic E-state index is 0.151. The van der Waals surface area contributed by atoms with E-state index in [0.717, 1.165) is 0 Å². The molecule has 23 heavy (non-hydrogen) atoms. The molecule has 1 amide bonds. The lowest BCUT2D eigenvalue weighted by molar-refractivity contribution is -0.116. The highest BCUT2D eigenvalue weighted by Crippen LogP contribution is 2.22. The van der Waals surface area contributed by atoms with Gasteiger partial charge in [-0.3, -0.25) is 9.48 Å². The van der Waals surface area contributed by atoms with Crippen molar-refractivity contribution < 1.29 is 9.53 Å². The molecular weight excluding hydrogens is 316 g/mol. The summed E-state index contributed by atoms with van der Waals surface area (Å²) in [5, 5.41) is 7.32. The van der Waals surface area contributed by atoms with Gasteiger partial charge >= 0.3 is 0 Å². The maximum absolute atomic E-state index is 11.9. The van der Waals surface area contributed by atoms with Crippen LogP contribution in [0.2, 0.25) is 5.02 Å². The summed E-state index contributed by atoms with van der Waals surface area (Å²) >= 11 is 5.77. The lowest BCUT2D eigenvalue weighted by atomic mass is 10.3. The first-order valence-corrected chi connectivity index (χ1v) is 7.23. The zero-order valence-electron chi connectivity index (χ0n) is 12.0. The fourth-order valence-electron chi connectivity index (χ4n) is 1.89. The molecule has 2 heterocycles. The lowest BCUT2D eigenvalue weighted by Gasteiger charge is -2.08. The molecule has 0 aliphatic rings. The maximum atomic E-state index is 11.9. The van der Waals surface area contributed by atoms with Crippen molar-refractivity contribution in [2.75, 3.05) is 5.32 Å². The van der Waals surface area contributed by atoms with Crippen molar-refractivity contribution in [1.29, 1.82) is 0 Å². The van der Waals surface area contributed by atoms with Gasteiger partial charge < -0.3 is 10.1 Å². The SMILES string of the molecule is O=C(Cn1cccn1)Nc1ccc(Oc2ccc(Cl)cn2)cc1. The molecule has 0 radical (unpaired) electrons. The molecule has 0 saturated carbocycles. The van der Waals surface area contributed by atoms with Crippen molar-refractivity contribution in [3.05, 3.63) is 66.1 Å². The summed E-state index contributed by atoms with van der Waals surface area (Å²) in [7, 11) is 0. The number of pyridine rings is 1. The van der Waals surface area contributed by atoms with E-state index < -0.39 is 0 Å². The summed E-state index contributed by atoms with van der Waals surface area (Å²) < 4.78 is 7.14. The Balaban J connectivity index is 1.58. The molecule has 3 rings (SSSR count). The minimum atomic E-state index is -0.151. The van der Waals surface area contributed by atoms with E-state index in [4.69, 9.17) is 16.3 Å². The number of hydrogen-bond donors (Lipinski definition) is 1. The van der Waals surface area contributed by atoms with Crippen molar-refractivity contribution in [2.45, 2.75) is 6.54 Å². The molecule has 0 bridgehead atoms. The van der Waals surface area contributed by atoms with E-state index in [9.17, 15) is 4.79 Å². The molecule has 0 aliphatic heterocycles. The molecule has 0 fully saturated rings. The molecule has 6 nitrogen and oxygen atoms in total. The van der Waals surface area contributed by atoms with Gasteiger partial charge in [-0.1, -0.05) is 11.6 Å². The molecule has 116 valence electrons. The molecule has 2 aromatic heterocycles. The number of nitrogens with one attached hydrogen (secondary N) is 1. The largest absolute Gasteiger partial charge is 0.439 e. The summed E-state index contributed by atoms with van der Waals surface area (Å²) in [6.07, 6.45) is 4.88. The first-order chi connectivity index (χ1) is 11.2. The van der Waals surface area contributed by atoms with Gasteiger partial charge in [-0.05, 0) is 36.4 Å². The monoisotopic (exact) mass is 328 g/mol. The van der Waals surface area contributed by atoms with E-state index in [-0.39, 0.29) is 12.5 Å². The third-order valence-electron chi connectivity index (χ3n) is 2.93. The van der Waals surface area contributed by atoms with Gasteiger partial charge in [0.05, 0.1) is 5.02 Å². The standard InChI is InChI=1S/C16H13ClN4O2/c17-12-2-7-16(18-10-12)23-14-5-3-13(4-6-14)20-15(22)11-21-9-1-8-19-21/h1-10H,11H2,(H,20,22). The van der Waals surface area contributed by atoms with Gasteiger partial charge in [0, 0.05) is 30.3 Å². The second-order valence-corrected chi connectivity index (χ2v) is 5.13. The predicted octanol–water partition coefficient (Wildman–Crippen LogP) is 3.36. The number of halogens is 1. The van der Waals surface area contributed by atoms with Gasteiger partial charge in [0.25, 0.3) is 0 Å². The number of amides is 1. The number of benzene rings is 1. The van der Waals surface area contributed by atoms with E-state index in [1.54, 1.807) is 59.5 Å². The molecule has 0 atom stereocenters. The summed E-state index contributed by atoms with van der Waals surface area (Å²) in [5.74, 6) is 0.913. The zero-order valence-corrected chi connectivity index (χ0v) is 12.8. The molecule has 0 unspecified atom stereocenters. The topological polar surface area (TPSA) is 69.0 Å². The second-order valence-electron chi connectivity index (χ2n) is 4.69. The minimum Gasteiger partial charge on any atom is -0.439 e. The molecule has 1 N–H and O–H groups in total. The van der Waals surface area contributed by atoms with Gasteiger partial charge in [-0.15, -0.1) is 0 Å². The molecular formula is C16H13ClN4O2. The Morgan fingerprint density at radius 3 is 2.70 bits per heavy atom. The normalized spacial score (nSPS) is 10.3. The second kappa shape index (κ2) is 6.93. The van der Waals surface area contributed by atoms with Crippen molar-refractivity contribution in [1.82, 2.24) is 14.8 Å². The molecule has 1 aromatic carbocycles. The van der Waals surface area contributed by atoms with E-state index >= 15 is 0 Å². The van der Waals surface area contributed by atoms with Crippen LogP contribution in [0.15, 0.2) is 61.1 Å². The van der Waals surface area contributed by atoms with Crippen molar-refractivity contribution in [2.24, 2.45) is 0 Å². The molecule has 7 heteroatoms. The van der Waals surface area contributed by atoms with Gasteiger partial charge in [-0.2, -0.15) is 5.10 Å². The Morgan fingerprint density at radius 2 is 2.04 bits per heavy atom. The van der Waals surface area contributed by atoms with Crippen LogP contribution in [0.1, 0.15) is 0 Å². The van der Waals surface area contributed by atoms with Crippen LogP contribution in [0.5, 0.6) is 11.6 Å². The van der Waals surface area contributed by atoms with Crippen LogP contribution in [0.4, 0.5) is 5.69 Å². The first-order valence-electron chi connectivity index (χ1n) is 6.86. The van der Waals surface area contributed by atoms with Crippen molar-refractivity contribution in [3.63, 3.8) is 0 Å². The number of carbonyl (C=O) groups excluding carboxylic acids is 1. The number of rotatable bonds is 5. The maximum Gasteiger partial charge on any atom is 0.246 e. The molecule has 0 saturated heterocycles. The summed E-state index contributed by atoms with van der Waals surface area (Å²) in [6, 6.07) is 12.2. The van der Waals surface area contributed by atoms with Crippen LogP contribution in [-0.4, -0.2) is 20.7 Å². The third kappa shape index (κ3) is 4.31. The van der Waals surface area contributed by atoms with Crippen LogP contribution < -0.4 is 10.1 Å². The van der Waals surface area contributed by atoms with E-state index in [2.05, 4.69) is 15.4 Å². The predicted molar refractivity (Wildman–Crippen MR) is 86.6 cm³/mol. The quantitative estimate of drug-likeness (QED) is 0.779. The molecule has 0 spiro atoms. The smallest absolute Gasteiger partial charge is 0.246 e. The number of ether oxygens (including phenoxy) is 1. The van der Waals surface area contributed by atoms with Crippen LogP contribution in [0.3, 0.4) is 0 Å². The lowest BCUT2D eigenvalue weighted by Crippen LogP contribution is -2.18. The summed E-state index contributed by atoms with van der Waals surface area (Å²) in [5.41, 5.74) is 0.679. The van der Waals surface area contributed by atoms with Gasteiger partial charge in [-0.25, -0.2) is 4.98 Å². The fourth-order valence-corrected chi connectivity index (χ4v) is 2.00. The van der Waals surface area contributed by atoms with Crippen molar-refractivity contribution in [3.8, 4) is 11.6 Å². The van der Waals surface area contributed by atoms with Gasteiger partial charge in [0.1, 0.15) is 12.3 Å². The Bertz CT molecular complexity index is 771. The Morgan fingerprint density at radius 1 is 1.22 bits per heavy atom. The Kier molecular flexibility index (Phi) is 4.54. The average Bonchev–Trinajstić information content (AvgIpc) is 3.04. The average molecular weight is 329 g/mol. The first kappa shape index (κ1) is 15.1. The van der Waals surface area contributed by atoms with Crippen LogP contribution >= 0.6 is 11.6 Å². The molecule has 0 aliphatic carbocycles. The Labute approximate surface area is 137 Å². The highest BCUT2D eigenvalue weighted by molar-refractivity contribution is 6.30. The Hall–Kier alpha value is -2.86. The zero-order chi connectivity index (χ0) is 16.1.